The van der Waals surface area contributed by atoms with Crippen LogP contribution in [0.5, 0.6) is 5.88 Å². The van der Waals surface area contributed by atoms with Gasteiger partial charge < -0.3 is 10.1 Å². The van der Waals surface area contributed by atoms with E-state index in [0.717, 1.165) is 18.1 Å². The summed E-state index contributed by atoms with van der Waals surface area (Å²) < 4.78 is 5.71. The van der Waals surface area contributed by atoms with Crippen molar-refractivity contribution < 1.29 is 4.74 Å². The summed E-state index contributed by atoms with van der Waals surface area (Å²) in [5.41, 5.74) is 0. The number of nitrogens with one attached hydrogen (secondary N) is 1. The van der Waals surface area contributed by atoms with E-state index in [1.807, 2.05) is 6.07 Å². The molecule has 1 aliphatic rings. The summed E-state index contributed by atoms with van der Waals surface area (Å²) in [4.78, 5) is 9.18. The van der Waals surface area contributed by atoms with E-state index >= 15 is 0 Å². The lowest BCUT2D eigenvalue weighted by Crippen LogP contribution is -2.30. The van der Waals surface area contributed by atoms with E-state index in [-0.39, 0.29) is 0 Å². The standard InChI is InChI=1S/C17H29N3O/c1-5-10-21-16-11-15(19-17(20-16)12(2)3)18-14-9-7-6-8-13(14)4/h11-14H,5-10H2,1-4H3,(H,18,19,20). The molecule has 2 rings (SSSR count). The molecule has 1 aromatic heterocycles. The highest BCUT2D eigenvalue weighted by Gasteiger charge is 2.22. The second kappa shape index (κ2) is 7.62. The van der Waals surface area contributed by atoms with Gasteiger partial charge in [-0.3, -0.25) is 0 Å². The Morgan fingerprint density at radius 3 is 2.71 bits per heavy atom. The fourth-order valence-electron chi connectivity index (χ4n) is 2.78. The van der Waals surface area contributed by atoms with Gasteiger partial charge in [-0.2, -0.15) is 4.98 Å². The molecule has 1 saturated carbocycles. The first-order valence-corrected chi connectivity index (χ1v) is 8.38. The highest BCUT2D eigenvalue weighted by molar-refractivity contribution is 5.40. The molecule has 1 heterocycles. The molecule has 1 aromatic rings. The quantitative estimate of drug-likeness (QED) is 0.845. The minimum Gasteiger partial charge on any atom is -0.478 e. The van der Waals surface area contributed by atoms with Crippen molar-refractivity contribution in [2.75, 3.05) is 11.9 Å². The molecule has 2 unspecified atom stereocenters. The maximum absolute atomic E-state index is 5.71. The maximum atomic E-state index is 5.71. The number of hydrogen-bond acceptors (Lipinski definition) is 4. The minimum atomic E-state index is 0.305. The lowest BCUT2D eigenvalue weighted by atomic mass is 9.86. The van der Waals surface area contributed by atoms with E-state index in [1.54, 1.807) is 0 Å². The summed E-state index contributed by atoms with van der Waals surface area (Å²) in [5.74, 6) is 3.48. The molecular formula is C17H29N3O. The fraction of sp³-hybridized carbons (Fsp3) is 0.765. The molecule has 0 spiro atoms. The summed E-state index contributed by atoms with van der Waals surface area (Å²) in [5, 5.41) is 3.61. The van der Waals surface area contributed by atoms with Gasteiger partial charge in [0.25, 0.3) is 0 Å². The molecule has 0 aliphatic heterocycles. The van der Waals surface area contributed by atoms with Crippen LogP contribution < -0.4 is 10.1 Å². The van der Waals surface area contributed by atoms with Gasteiger partial charge >= 0.3 is 0 Å². The van der Waals surface area contributed by atoms with Crippen LogP contribution in [-0.4, -0.2) is 22.6 Å². The van der Waals surface area contributed by atoms with Crippen LogP contribution in [0.3, 0.4) is 0 Å². The zero-order valence-corrected chi connectivity index (χ0v) is 13.9. The van der Waals surface area contributed by atoms with Gasteiger partial charge in [0.2, 0.25) is 5.88 Å². The Kier molecular flexibility index (Phi) is 5.83. The van der Waals surface area contributed by atoms with Crippen LogP contribution in [0.4, 0.5) is 5.82 Å². The summed E-state index contributed by atoms with van der Waals surface area (Å²) in [6.07, 6.45) is 6.18. The smallest absolute Gasteiger partial charge is 0.218 e. The molecule has 0 amide bonds. The summed E-state index contributed by atoms with van der Waals surface area (Å²) >= 11 is 0. The van der Waals surface area contributed by atoms with E-state index in [0.29, 0.717) is 30.4 Å². The molecule has 0 radical (unpaired) electrons. The predicted octanol–water partition coefficient (Wildman–Crippen LogP) is 4.38. The Bertz CT molecular complexity index is 448. The van der Waals surface area contributed by atoms with E-state index in [1.165, 1.54) is 25.7 Å². The van der Waals surface area contributed by atoms with Crippen LogP contribution in [0.1, 0.15) is 71.5 Å². The van der Waals surface area contributed by atoms with Gasteiger partial charge in [-0.25, -0.2) is 4.98 Å². The molecule has 4 nitrogen and oxygen atoms in total. The summed E-state index contributed by atoms with van der Waals surface area (Å²) in [6, 6.07) is 2.47. The predicted molar refractivity (Wildman–Crippen MR) is 86.9 cm³/mol. The summed E-state index contributed by atoms with van der Waals surface area (Å²) in [6.45, 7) is 9.37. The normalized spacial score (nSPS) is 22.3. The van der Waals surface area contributed by atoms with Crippen molar-refractivity contribution in [3.63, 3.8) is 0 Å². The molecule has 0 bridgehead atoms. The number of ether oxygens (including phenoxy) is 1. The van der Waals surface area contributed by atoms with Crippen molar-refractivity contribution in [3.8, 4) is 5.88 Å². The molecule has 1 N–H and O–H groups in total. The number of aromatic nitrogens is 2. The van der Waals surface area contributed by atoms with Gasteiger partial charge in [0.05, 0.1) is 6.61 Å². The molecule has 1 fully saturated rings. The molecule has 0 saturated heterocycles. The van der Waals surface area contributed by atoms with Crippen LogP contribution >= 0.6 is 0 Å². The summed E-state index contributed by atoms with van der Waals surface area (Å²) in [7, 11) is 0. The van der Waals surface area contributed by atoms with Crippen molar-refractivity contribution in [1.29, 1.82) is 0 Å². The third-order valence-corrected chi connectivity index (χ3v) is 4.14. The van der Waals surface area contributed by atoms with Crippen molar-refractivity contribution in [1.82, 2.24) is 9.97 Å². The average Bonchev–Trinajstić information content (AvgIpc) is 2.47. The Balaban J connectivity index is 2.14. The van der Waals surface area contributed by atoms with Crippen LogP contribution in [0.2, 0.25) is 0 Å². The zero-order chi connectivity index (χ0) is 15.2. The zero-order valence-electron chi connectivity index (χ0n) is 13.9. The van der Waals surface area contributed by atoms with Gasteiger partial charge in [0, 0.05) is 18.0 Å². The van der Waals surface area contributed by atoms with Gasteiger partial charge in [-0.05, 0) is 25.2 Å². The second-order valence-electron chi connectivity index (χ2n) is 6.47. The third-order valence-electron chi connectivity index (χ3n) is 4.14. The topological polar surface area (TPSA) is 47.0 Å². The average molecular weight is 291 g/mol. The molecule has 1 aliphatic carbocycles. The monoisotopic (exact) mass is 291 g/mol. The van der Waals surface area contributed by atoms with Crippen molar-refractivity contribution in [2.45, 2.75) is 71.8 Å². The van der Waals surface area contributed by atoms with Crippen LogP contribution in [-0.2, 0) is 0 Å². The second-order valence-corrected chi connectivity index (χ2v) is 6.47. The molecule has 0 aromatic carbocycles. The lowest BCUT2D eigenvalue weighted by molar-refractivity contribution is 0.303. The van der Waals surface area contributed by atoms with Gasteiger partial charge in [-0.15, -0.1) is 0 Å². The van der Waals surface area contributed by atoms with Crippen LogP contribution in [0.25, 0.3) is 0 Å². The molecule has 4 heteroatoms. The number of anilines is 1. The van der Waals surface area contributed by atoms with Gasteiger partial charge in [-0.1, -0.05) is 40.5 Å². The maximum Gasteiger partial charge on any atom is 0.218 e. The first kappa shape index (κ1) is 16.1. The third kappa shape index (κ3) is 4.58. The molecule has 118 valence electrons. The minimum absolute atomic E-state index is 0.305. The van der Waals surface area contributed by atoms with Crippen LogP contribution in [0.15, 0.2) is 6.07 Å². The van der Waals surface area contributed by atoms with Crippen molar-refractivity contribution >= 4 is 5.82 Å². The number of hydrogen-bond donors (Lipinski definition) is 1. The number of rotatable bonds is 6. The van der Waals surface area contributed by atoms with Crippen molar-refractivity contribution in [2.24, 2.45) is 5.92 Å². The van der Waals surface area contributed by atoms with Gasteiger partial charge in [0.1, 0.15) is 11.6 Å². The largest absolute Gasteiger partial charge is 0.478 e. The highest BCUT2D eigenvalue weighted by atomic mass is 16.5. The molecular weight excluding hydrogens is 262 g/mol. The van der Waals surface area contributed by atoms with E-state index in [9.17, 15) is 0 Å². The molecule has 21 heavy (non-hydrogen) atoms. The Morgan fingerprint density at radius 1 is 1.29 bits per heavy atom. The Morgan fingerprint density at radius 2 is 2.05 bits per heavy atom. The van der Waals surface area contributed by atoms with E-state index in [4.69, 9.17) is 4.74 Å². The first-order chi connectivity index (χ1) is 10.1. The molecule has 2 atom stereocenters. The lowest BCUT2D eigenvalue weighted by Gasteiger charge is -2.30. The first-order valence-electron chi connectivity index (χ1n) is 8.38. The van der Waals surface area contributed by atoms with E-state index < -0.39 is 0 Å². The Labute approximate surface area is 128 Å². The van der Waals surface area contributed by atoms with E-state index in [2.05, 4.69) is 43.0 Å². The van der Waals surface area contributed by atoms with Crippen molar-refractivity contribution in [3.05, 3.63) is 11.9 Å². The number of nitrogens with zero attached hydrogens (tertiary/aromatic N) is 2. The Hall–Kier alpha value is -1.32. The highest BCUT2D eigenvalue weighted by Crippen LogP contribution is 2.27. The van der Waals surface area contributed by atoms with Crippen LogP contribution in [0, 0.1) is 5.92 Å². The SMILES string of the molecule is CCCOc1cc(NC2CCCCC2C)nc(C(C)C)n1. The fourth-order valence-corrected chi connectivity index (χ4v) is 2.78. The van der Waals surface area contributed by atoms with Gasteiger partial charge in [0.15, 0.2) is 0 Å².